The van der Waals surface area contributed by atoms with E-state index in [1.54, 1.807) is 11.9 Å². The molecule has 0 aliphatic carbocycles. The van der Waals surface area contributed by atoms with E-state index in [1.165, 1.54) is 199 Å². The van der Waals surface area contributed by atoms with E-state index >= 15 is 0 Å². The summed E-state index contributed by atoms with van der Waals surface area (Å²) in [6, 6.07) is 0. The van der Waals surface area contributed by atoms with Crippen LogP contribution in [-0.2, 0) is 28.5 Å². The summed E-state index contributed by atoms with van der Waals surface area (Å²) in [6.45, 7) is 15.7. The van der Waals surface area contributed by atoms with E-state index in [2.05, 4.69) is 37.3 Å². The molecule has 378 valence electrons. The summed E-state index contributed by atoms with van der Waals surface area (Å²) in [6.07, 6.45) is 47.8. The van der Waals surface area contributed by atoms with E-state index in [4.69, 9.17) is 18.9 Å². The van der Waals surface area contributed by atoms with Crippen molar-refractivity contribution in [3.05, 3.63) is 0 Å². The van der Waals surface area contributed by atoms with Gasteiger partial charge in [0.05, 0.1) is 38.1 Å². The number of rotatable bonds is 47. The second-order valence-corrected chi connectivity index (χ2v) is 19.1. The first-order valence-corrected chi connectivity index (χ1v) is 28.2. The van der Waals surface area contributed by atoms with Crippen LogP contribution in [0.3, 0.4) is 0 Å². The molecule has 9 heteroatoms. The molecule has 1 N–H and O–H groups in total. The molecule has 1 fully saturated rings. The molecular weight excluding hydrogens is 805 g/mol. The van der Waals surface area contributed by atoms with Gasteiger partial charge in [-0.1, -0.05) is 194 Å². The van der Waals surface area contributed by atoms with Crippen LogP contribution in [0.4, 0.5) is 0 Å². The van der Waals surface area contributed by atoms with Crippen molar-refractivity contribution < 1.29 is 28.5 Å². The molecule has 1 aliphatic heterocycles. The molecule has 0 saturated carbocycles. The van der Waals surface area contributed by atoms with Crippen LogP contribution >= 0.6 is 11.9 Å². The van der Waals surface area contributed by atoms with Gasteiger partial charge in [-0.15, -0.1) is 0 Å². The van der Waals surface area contributed by atoms with Gasteiger partial charge in [0.15, 0.2) is 0 Å². The Morgan fingerprint density at radius 2 is 0.952 bits per heavy atom. The minimum absolute atomic E-state index is 0.223. The van der Waals surface area contributed by atoms with E-state index in [1.807, 2.05) is 14.2 Å². The highest BCUT2D eigenvalue weighted by Crippen LogP contribution is 2.17. The standard InChI is InChI=1S/C24H46N2O4S.C18H38O.C12H26O/c27-18-11-7-3-1-5-9-15-26(16-10-6-2-4-8-12-19-28)17-13-14-25-31-23-24-22-29-20-21-30-24;1-4-6-8-10-12-14-16-18(19-3)17-15-13-11-9-7-5-2;1-4-6-7-8-9-10-11-12(5-2)13-3/h18-19,24-25H,1-17,20-23H2;18H,4-17H2,1-3H3;12H,4-11H2,1-3H3. The fourth-order valence-corrected chi connectivity index (χ4v) is 8.86. The molecule has 0 spiro atoms. The van der Waals surface area contributed by atoms with Gasteiger partial charge in [-0.3, -0.25) is 4.72 Å². The molecule has 0 radical (unpaired) electrons. The smallest absolute Gasteiger partial charge is 0.119 e. The normalized spacial score (nSPS) is 14.3. The number of carbonyl (C=O) groups excluding carboxylic acids is 2. The Hall–Kier alpha value is -0.550. The highest BCUT2D eigenvalue weighted by Gasteiger charge is 2.14. The van der Waals surface area contributed by atoms with Crippen molar-refractivity contribution in [1.29, 1.82) is 0 Å². The van der Waals surface area contributed by atoms with Crippen LogP contribution in [0.1, 0.15) is 252 Å². The molecule has 63 heavy (non-hydrogen) atoms. The van der Waals surface area contributed by atoms with Gasteiger partial charge in [-0.25, -0.2) is 0 Å². The molecule has 0 aromatic carbocycles. The van der Waals surface area contributed by atoms with E-state index in [9.17, 15) is 9.59 Å². The molecule has 0 amide bonds. The predicted octanol–water partition coefficient (Wildman–Crippen LogP) is 15.1. The van der Waals surface area contributed by atoms with E-state index in [0.29, 0.717) is 38.3 Å². The second-order valence-electron chi connectivity index (χ2n) is 18.2. The van der Waals surface area contributed by atoms with Crippen molar-refractivity contribution in [2.75, 3.05) is 66.0 Å². The lowest BCUT2D eigenvalue weighted by atomic mass is 10.0. The number of methoxy groups -OCH3 is 2. The fraction of sp³-hybridized carbons (Fsp3) is 0.963. The van der Waals surface area contributed by atoms with Crippen molar-refractivity contribution in [1.82, 2.24) is 9.62 Å². The predicted molar refractivity (Wildman–Crippen MR) is 275 cm³/mol. The topological polar surface area (TPSA) is 86.3 Å². The van der Waals surface area contributed by atoms with Crippen LogP contribution in [-0.4, -0.2) is 102 Å². The van der Waals surface area contributed by atoms with Gasteiger partial charge in [0.25, 0.3) is 0 Å². The highest BCUT2D eigenvalue weighted by molar-refractivity contribution is 7.97. The summed E-state index contributed by atoms with van der Waals surface area (Å²) in [5.41, 5.74) is 0. The zero-order valence-electron chi connectivity index (χ0n) is 43.1. The second kappa shape index (κ2) is 57.6. The molecule has 0 bridgehead atoms. The Morgan fingerprint density at radius 1 is 0.540 bits per heavy atom. The zero-order chi connectivity index (χ0) is 46.4. The third-order valence-corrected chi connectivity index (χ3v) is 13.3. The van der Waals surface area contributed by atoms with Crippen LogP contribution in [0.2, 0.25) is 0 Å². The number of nitrogens with zero attached hydrogens (tertiary/aromatic N) is 1. The molecule has 0 aromatic heterocycles. The lowest BCUT2D eigenvalue weighted by molar-refractivity contribution is -0.108. The van der Waals surface area contributed by atoms with Crippen molar-refractivity contribution in [3.63, 3.8) is 0 Å². The lowest BCUT2D eigenvalue weighted by Crippen LogP contribution is -2.32. The minimum atomic E-state index is 0.223. The molecule has 2 unspecified atom stereocenters. The Labute approximate surface area is 397 Å². The number of nitrogens with one attached hydrogen (secondary N) is 1. The van der Waals surface area contributed by atoms with Crippen molar-refractivity contribution in [2.24, 2.45) is 0 Å². The van der Waals surface area contributed by atoms with E-state index in [0.717, 1.165) is 63.7 Å². The van der Waals surface area contributed by atoms with E-state index in [-0.39, 0.29) is 6.10 Å². The first-order chi connectivity index (χ1) is 31.1. The first kappa shape index (κ1) is 64.5. The van der Waals surface area contributed by atoms with Crippen molar-refractivity contribution in [3.8, 4) is 0 Å². The number of aldehydes is 2. The number of hydrogen-bond acceptors (Lipinski definition) is 9. The summed E-state index contributed by atoms with van der Waals surface area (Å²) < 4.78 is 25.5. The SMILES string of the molecule is CCCCCCCCC(CC)OC.CCCCCCCCC(CCCCCCCC)OC.O=CCCCCCCCN(CCCCCCCC=O)CCCNSCC1COCCO1. The Balaban J connectivity index is 0. The number of unbranched alkanes of at least 4 members (excludes halogenated alkanes) is 25. The monoisotopic (exact) mass is 915 g/mol. The van der Waals surface area contributed by atoms with Crippen LogP contribution in [0, 0.1) is 0 Å². The Bertz CT molecular complexity index is 809. The molecule has 2 atom stereocenters. The molecule has 1 saturated heterocycles. The fourth-order valence-electron chi connectivity index (χ4n) is 8.08. The summed E-state index contributed by atoms with van der Waals surface area (Å²) in [7, 11) is 3.71. The number of hydrogen-bond donors (Lipinski definition) is 1. The number of ether oxygens (including phenoxy) is 4. The maximum absolute atomic E-state index is 10.4. The lowest BCUT2D eigenvalue weighted by Gasteiger charge is -2.23. The molecule has 1 aliphatic rings. The van der Waals surface area contributed by atoms with Gasteiger partial charge in [-0.05, 0) is 77.4 Å². The third-order valence-electron chi connectivity index (χ3n) is 12.4. The average Bonchev–Trinajstić information content (AvgIpc) is 3.31. The molecule has 1 heterocycles. The molecule has 8 nitrogen and oxygen atoms in total. The van der Waals surface area contributed by atoms with Gasteiger partial charge in [-0.2, -0.15) is 0 Å². The quantitative estimate of drug-likeness (QED) is 0.0364. The molecule has 0 aromatic rings. The van der Waals surface area contributed by atoms with Gasteiger partial charge >= 0.3 is 0 Å². The van der Waals surface area contributed by atoms with Crippen LogP contribution in [0.15, 0.2) is 0 Å². The van der Waals surface area contributed by atoms with Crippen molar-refractivity contribution in [2.45, 2.75) is 271 Å². The van der Waals surface area contributed by atoms with Gasteiger partial charge in [0.2, 0.25) is 0 Å². The summed E-state index contributed by atoms with van der Waals surface area (Å²) >= 11 is 1.75. The average molecular weight is 916 g/mol. The highest BCUT2D eigenvalue weighted by atomic mass is 32.2. The largest absolute Gasteiger partial charge is 0.381 e. The zero-order valence-corrected chi connectivity index (χ0v) is 43.9. The maximum atomic E-state index is 10.4. The van der Waals surface area contributed by atoms with Gasteiger partial charge in [0, 0.05) is 39.4 Å². The number of carbonyl (C=O) groups is 2. The van der Waals surface area contributed by atoms with Gasteiger partial charge in [0.1, 0.15) is 12.6 Å². The summed E-state index contributed by atoms with van der Waals surface area (Å²) in [5, 5.41) is 0. The summed E-state index contributed by atoms with van der Waals surface area (Å²) in [4.78, 5) is 23.4. The van der Waals surface area contributed by atoms with Crippen LogP contribution < -0.4 is 4.72 Å². The maximum Gasteiger partial charge on any atom is 0.119 e. The van der Waals surface area contributed by atoms with Crippen molar-refractivity contribution >= 4 is 24.5 Å². The first-order valence-electron chi connectivity index (χ1n) is 27.3. The third kappa shape index (κ3) is 52.3. The Morgan fingerprint density at radius 3 is 1.37 bits per heavy atom. The van der Waals surface area contributed by atoms with Gasteiger partial charge < -0.3 is 33.4 Å². The van der Waals surface area contributed by atoms with E-state index < -0.39 is 0 Å². The minimum Gasteiger partial charge on any atom is -0.381 e. The molecule has 1 rings (SSSR count). The molecular formula is C54H110N2O6S. The Kier molecular flexibility index (Phi) is 59.0. The summed E-state index contributed by atoms with van der Waals surface area (Å²) in [5.74, 6) is 0.942. The van der Waals surface area contributed by atoms with Crippen LogP contribution in [0.25, 0.3) is 0 Å². The van der Waals surface area contributed by atoms with Crippen LogP contribution in [0.5, 0.6) is 0 Å².